The fourth-order valence-electron chi connectivity index (χ4n) is 3.51. The standard InChI is InChI=1S/C26H27Cl2NO5S/c1-15(2)21-14-18(8-13-23(21)33-4)34-25-22(27)12-11-20(24(25)28)26(30)29-16(3)17-6-9-19(10-7-17)35(5,31)32/h6-16H,1-5H3,(H,29,30). The van der Waals surface area contributed by atoms with Crippen LogP contribution in [0.5, 0.6) is 17.2 Å². The maximum atomic E-state index is 13.0. The van der Waals surface area contributed by atoms with Crippen LogP contribution < -0.4 is 14.8 Å². The monoisotopic (exact) mass is 535 g/mol. The van der Waals surface area contributed by atoms with Gasteiger partial charge in [0.25, 0.3) is 5.91 Å². The normalized spacial score (nSPS) is 12.3. The lowest BCUT2D eigenvalue weighted by Crippen LogP contribution is -2.27. The number of carbonyl (C=O) groups excluding carboxylic acids is 1. The zero-order valence-electron chi connectivity index (χ0n) is 20.1. The number of ether oxygens (including phenoxy) is 2. The molecule has 0 aromatic heterocycles. The molecular weight excluding hydrogens is 509 g/mol. The topological polar surface area (TPSA) is 81.7 Å². The van der Waals surface area contributed by atoms with Crippen molar-refractivity contribution < 1.29 is 22.7 Å². The summed E-state index contributed by atoms with van der Waals surface area (Å²) in [5.74, 6) is 1.20. The number of hydrogen-bond acceptors (Lipinski definition) is 5. The van der Waals surface area contributed by atoms with Crippen LogP contribution in [0.4, 0.5) is 0 Å². The summed E-state index contributed by atoms with van der Waals surface area (Å²) in [6, 6.07) is 14.4. The van der Waals surface area contributed by atoms with Gasteiger partial charge < -0.3 is 14.8 Å². The predicted octanol–water partition coefficient (Wildman–Crippen LogP) is 6.81. The highest BCUT2D eigenvalue weighted by Gasteiger charge is 2.21. The van der Waals surface area contributed by atoms with Crippen molar-refractivity contribution in [3.63, 3.8) is 0 Å². The molecule has 0 aliphatic rings. The van der Waals surface area contributed by atoms with E-state index in [4.69, 9.17) is 32.7 Å². The van der Waals surface area contributed by atoms with Crippen LogP contribution in [0.2, 0.25) is 10.0 Å². The molecular formula is C26H27Cl2NO5S. The number of nitrogens with one attached hydrogen (secondary N) is 1. The van der Waals surface area contributed by atoms with Crippen molar-refractivity contribution in [3.05, 3.63) is 81.3 Å². The van der Waals surface area contributed by atoms with Crippen molar-refractivity contribution in [3.8, 4) is 17.2 Å². The molecule has 3 rings (SSSR count). The second-order valence-corrected chi connectivity index (χ2v) is 11.2. The van der Waals surface area contributed by atoms with Crippen LogP contribution in [0.15, 0.2) is 59.5 Å². The van der Waals surface area contributed by atoms with Crippen molar-refractivity contribution in [2.45, 2.75) is 37.6 Å². The quantitative estimate of drug-likeness (QED) is 0.342. The summed E-state index contributed by atoms with van der Waals surface area (Å²) in [5.41, 5.74) is 1.90. The van der Waals surface area contributed by atoms with Gasteiger partial charge in [0.05, 0.1) is 33.7 Å². The Bertz CT molecular complexity index is 1340. The summed E-state index contributed by atoms with van der Waals surface area (Å²) in [6.45, 7) is 5.88. The number of carbonyl (C=O) groups is 1. The first-order valence-electron chi connectivity index (χ1n) is 10.9. The van der Waals surface area contributed by atoms with Crippen molar-refractivity contribution >= 4 is 38.9 Å². The van der Waals surface area contributed by atoms with E-state index in [1.807, 2.05) is 19.9 Å². The van der Waals surface area contributed by atoms with Crippen LogP contribution in [0.3, 0.4) is 0 Å². The third-order valence-electron chi connectivity index (χ3n) is 5.49. The van der Waals surface area contributed by atoms with Gasteiger partial charge in [-0.05, 0) is 60.9 Å². The fraction of sp³-hybridized carbons (Fsp3) is 0.269. The van der Waals surface area contributed by atoms with Gasteiger partial charge in [0.15, 0.2) is 15.6 Å². The maximum absolute atomic E-state index is 13.0. The third kappa shape index (κ3) is 6.28. The van der Waals surface area contributed by atoms with Gasteiger partial charge >= 0.3 is 0 Å². The van der Waals surface area contributed by atoms with E-state index in [9.17, 15) is 13.2 Å². The summed E-state index contributed by atoms with van der Waals surface area (Å²) in [5, 5.41) is 3.22. The lowest BCUT2D eigenvalue weighted by atomic mass is 10.0. The number of amides is 1. The molecule has 0 saturated carbocycles. The number of methoxy groups -OCH3 is 1. The van der Waals surface area contributed by atoms with E-state index < -0.39 is 21.8 Å². The number of sulfone groups is 1. The van der Waals surface area contributed by atoms with E-state index in [1.165, 1.54) is 18.2 Å². The second kappa shape index (κ2) is 10.9. The largest absolute Gasteiger partial charge is 0.496 e. The lowest BCUT2D eigenvalue weighted by molar-refractivity contribution is 0.0939. The van der Waals surface area contributed by atoms with E-state index >= 15 is 0 Å². The van der Waals surface area contributed by atoms with Crippen LogP contribution in [-0.2, 0) is 9.84 Å². The first kappa shape index (κ1) is 26.9. The highest BCUT2D eigenvalue weighted by molar-refractivity contribution is 7.90. The van der Waals surface area contributed by atoms with Crippen molar-refractivity contribution in [1.29, 1.82) is 0 Å². The van der Waals surface area contributed by atoms with E-state index in [0.29, 0.717) is 5.75 Å². The Labute approximate surface area is 216 Å². The Morgan fingerprint density at radius 1 is 0.971 bits per heavy atom. The average Bonchev–Trinajstić information content (AvgIpc) is 2.81. The molecule has 1 unspecified atom stereocenters. The van der Waals surface area contributed by atoms with Crippen LogP contribution in [0, 0.1) is 0 Å². The van der Waals surface area contributed by atoms with Gasteiger partial charge in [0, 0.05) is 11.8 Å². The Kier molecular flexibility index (Phi) is 8.36. The van der Waals surface area contributed by atoms with E-state index in [2.05, 4.69) is 5.32 Å². The number of halogens is 2. The molecule has 0 heterocycles. The maximum Gasteiger partial charge on any atom is 0.253 e. The molecule has 186 valence electrons. The first-order valence-corrected chi connectivity index (χ1v) is 13.5. The molecule has 6 nitrogen and oxygen atoms in total. The lowest BCUT2D eigenvalue weighted by Gasteiger charge is -2.18. The second-order valence-electron chi connectivity index (χ2n) is 8.43. The zero-order valence-corrected chi connectivity index (χ0v) is 22.4. The molecule has 0 fully saturated rings. The molecule has 0 spiro atoms. The molecule has 1 atom stereocenters. The van der Waals surface area contributed by atoms with Gasteiger partial charge in [-0.3, -0.25) is 4.79 Å². The summed E-state index contributed by atoms with van der Waals surface area (Å²) in [7, 11) is -1.69. The molecule has 9 heteroatoms. The fourth-order valence-corrected chi connectivity index (χ4v) is 4.67. The van der Waals surface area contributed by atoms with Gasteiger partial charge in [0.1, 0.15) is 11.5 Å². The molecule has 0 bridgehead atoms. The zero-order chi connectivity index (χ0) is 25.9. The Balaban J connectivity index is 1.84. The highest BCUT2D eigenvalue weighted by atomic mass is 35.5. The van der Waals surface area contributed by atoms with Crippen LogP contribution in [-0.4, -0.2) is 27.7 Å². The van der Waals surface area contributed by atoms with E-state index in [1.54, 1.807) is 44.4 Å². The average molecular weight is 536 g/mol. The minimum absolute atomic E-state index is 0.0801. The number of rotatable bonds is 8. The number of benzene rings is 3. The van der Waals surface area contributed by atoms with Crippen molar-refractivity contribution in [1.82, 2.24) is 5.32 Å². The van der Waals surface area contributed by atoms with E-state index in [-0.39, 0.29) is 32.2 Å². The number of hydrogen-bond donors (Lipinski definition) is 1. The Hall–Kier alpha value is -2.74. The van der Waals surface area contributed by atoms with Crippen LogP contribution in [0.1, 0.15) is 54.2 Å². The van der Waals surface area contributed by atoms with E-state index in [0.717, 1.165) is 23.1 Å². The van der Waals surface area contributed by atoms with Crippen LogP contribution in [0.25, 0.3) is 0 Å². The molecule has 1 N–H and O–H groups in total. The van der Waals surface area contributed by atoms with Crippen molar-refractivity contribution in [2.24, 2.45) is 0 Å². The Morgan fingerprint density at radius 3 is 2.20 bits per heavy atom. The molecule has 0 aliphatic carbocycles. The van der Waals surface area contributed by atoms with Crippen molar-refractivity contribution in [2.75, 3.05) is 13.4 Å². The minimum atomic E-state index is -3.30. The molecule has 0 aliphatic heterocycles. The van der Waals surface area contributed by atoms with Gasteiger partial charge in [-0.15, -0.1) is 0 Å². The minimum Gasteiger partial charge on any atom is -0.496 e. The molecule has 3 aromatic rings. The van der Waals surface area contributed by atoms with Gasteiger partial charge in [-0.25, -0.2) is 8.42 Å². The van der Waals surface area contributed by atoms with Crippen LogP contribution >= 0.6 is 23.2 Å². The SMILES string of the molecule is COc1ccc(Oc2c(Cl)ccc(C(=O)NC(C)c3ccc(S(C)(=O)=O)cc3)c2Cl)cc1C(C)C. The Morgan fingerprint density at radius 2 is 1.63 bits per heavy atom. The van der Waals surface area contributed by atoms with Gasteiger partial charge in [-0.2, -0.15) is 0 Å². The van der Waals surface area contributed by atoms with Gasteiger partial charge in [0.2, 0.25) is 0 Å². The summed E-state index contributed by atoms with van der Waals surface area (Å²) in [6.07, 6.45) is 1.14. The smallest absolute Gasteiger partial charge is 0.253 e. The summed E-state index contributed by atoms with van der Waals surface area (Å²) < 4.78 is 34.8. The molecule has 0 saturated heterocycles. The van der Waals surface area contributed by atoms with Gasteiger partial charge in [-0.1, -0.05) is 49.2 Å². The summed E-state index contributed by atoms with van der Waals surface area (Å²) >= 11 is 12.9. The predicted molar refractivity (Wildman–Crippen MR) is 139 cm³/mol. The highest BCUT2D eigenvalue weighted by Crippen LogP contribution is 2.40. The summed E-state index contributed by atoms with van der Waals surface area (Å²) in [4.78, 5) is 13.2. The molecule has 35 heavy (non-hydrogen) atoms. The molecule has 3 aromatic carbocycles. The third-order valence-corrected chi connectivity index (χ3v) is 7.29. The molecule has 0 radical (unpaired) electrons. The first-order chi connectivity index (χ1) is 16.4. The molecule has 1 amide bonds.